The van der Waals surface area contributed by atoms with Gasteiger partial charge >= 0.3 is 0 Å². The van der Waals surface area contributed by atoms with Gasteiger partial charge in [-0.1, -0.05) is 140 Å². The first-order valence-corrected chi connectivity index (χ1v) is 14.5. The Kier molecular flexibility index (Phi) is 8.57. The Morgan fingerprint density at radius 2 is 0.818 bits per heavy atom. The van der Waals surface area contributed by atoms with Gasteiger partial charge in [-0.15, -0.1) is 0 Å². The molecule has 6 aromatic rings. The third-order valence-corrected chi connectivity index (χ3v) is 7.27. The van der Waals surface area contributed by atoms with Crippen LogP contribution in [0, 0.1) is 0 Å². The summed E-state index contributed by atoms with van der Waals surface area (Å²) in [5.41, 5.74) is 8.82. The third kappa shape index (κ3) is 6.92. The minimum absolute atomic E-state index is 0.0399. The van der Waals surface area contributed by atoms with Crippen molar-refractivity contribution in [3.63, 3.8) is 0 Å². The molecule has 44 heavy (non-hydrogen) atoms. The van der Waals surface area contributed by atoms with Crippen molar-refractivity contribution >= 4 is 23.7 Å². The zero-order chi connectivity index (χ0) is 30.1. The van der Waals surface area contributed by atoms with Crippen LogP contribution in [0.15, 0.2) is 164 Å². The summed E-state index contributed by atoms with van der Waals surface area (Å²) in [7, 11) is 0. The summed E-state index contributed by atoms with van der Waals surface area (Å²) in [5, 5.41) is 0. The Hall–Kier alpha value is -5.93. The standard InChI is InChI=1S/C41H29NO2/c43-40(33-16-6-2-7-17-33)24-22-30-12-10-20-35(26-30)38-28-37(32-14-4-1-5-15-32)29-39(42-38)36-21-11-13-31(27-36)23-25-41(44)34-18-8-3-9-19-34/h1-29H/b24-22+,25-23+. The molecule has 5 aromatic carbocycles. The van der Waals surface area contributed by atoms with Crippen molar-refractivity contribution in [2.75, 3.05) is 0 Å². The Bertz CT molecular complexity index is 1850. The topological polar surface area (TPSA) is 47.0 Å². The van der Waals surface area contributed by atoms with Crippen LogP contribution in [0.4, 0.5) is 0 Å². The summed E-state index contributed by atoms with van der Waals surface area (Å²) in [6.45, 7) is 0. The van der Waals surface area contributed by atoms with Crippen LogP contribution in [0.3, 0.4) is 0 Å². The Morgan fingerprint density at radius 3 is 1.27 bits per heavy atom. The van der Waals surface area contributed by atoms with Gasteiger partial charge in [0.05, 0.1) is 11.4 Å². The molecule has 0 unspecified atom stereocenters. The minimum Gasteiger partial charge on any atom is -0.289 e. The largest absolute Gasteiger partial charge is 0.289 e. The summed E-state index contributed by atoms with van der Waals surface area (Å²) in [6, 6.07) is 49.0. The van der Waals surface area contributed by atoms with Crippen LogP contribution >= 0.6 is 0 Å². The molecule has 210 valence electrons. The average Bonchev–Trinajstić information content (AvgIpc) is 3.10. The van der Waals surface area contributed by atoms with Gasteiger partial charge in [0.2, 0.25) is 0 Å². The lowest BCUT2D eigenvalue weighted by molar-refractivity contribution is 0.103. The average molecular weight is 568 g/mol. The molecule has 0 aliphatic carbocycles. The molecule has 0 saturated carbocycles. The second-order valence-electron chi connectivity index (χ2n) is 10.4. The summed E-state index contributed by atoms with van der Waals surface area (Å²) >= 11 is 0. The number of hydrogen-bond donors (Lipinski definition) is 0. The number of nitrogens with zero attached hydrogens (tertiary/aromatic N) is 1. The van der Waals surface area contributed by atoms with Crippen LogP contribution in [0.25, 0.3) is 45.8 Å². The van der Waals surface area contributed by atoms with E-state index in [4.69, 9.17) is 4.98 Å². The van der Waals surface area contributed by atoms with Crippen molar-refractivity contribution in [2.24, 2.45) is 0 Å². The van der Waals surface area contributed by atoms with Gasteiger partial charge in [-0.3, -0.25) is 9.59 Å². The molecule has 0 amide bonds. The lowest BCUT2D eigenvalue weighted by Gasteiger charge is -2.11. The molecule has 6 rings (SSSR count). The van der Waals surface area contributed by atoms with E-state index in [0.717, 1.165) is 44.8 Å². The Morgan fingerprint density at radius 1 is 0.409 bits per heavy atom. The molecule has 3 heteroatoms. The van der Waals surface area contributed by atoms with Crippen molar-refractivity contribution in [1.29, 1.82) is 0 Å². The number of benzene rings is 5. The maximum Gasteiger partial charge on any atom is 0.185 e. The maximum absolute atomic E-state index is 12.6. The molecule has 1 aromatic heterocycles. The molecule has 0 fully saturated rings. The van der Waals surface area contributed by atoms with Gasteiger partial charge < -0.3 is 0 Å². The molecular formula is C41H29NO2. The lowest BCUT2D eigenvalue weighted by atomic mass is 9.98. The van der Waals surface area contributed by atoms with Crippen LogP contribution < -0.4 is 0 Å². The fourth-order valence-corrected chi connectivity index (χ4v) is 4.97. The summed E-state index contributed by atoms with van der Waals surface area (Å²) in [5.74, 6) is -0.0798. The highest BCUT2D eigenvalue weighted by Crippen LogP contribution is 2.31. The second kappa shape index (κ2) is 13.4. The molecule has 0 N–H and O–H groups in total. The van der Waals surface area contributed by atoms with Crippen LogP contribution in [-0.4, -0.2) is 16.6 Å². The summed E-state index contributed by atoms with van der Waals surface area (Å²) < 4.78 is 0. The van der Waals surface area contributed by atoms with Crippen molar-refractivity contribution in [1.82, 2.24) is 4.98 Å². The van der Waals surface area contributed by atoms with Crippen molar-refractivity contribution in [3.05, 3.63) is 186 Å². The van der Waals surface area contributed by atoms with E-state index in [0.29, 0.717) is 11.1 Å². The second-order valence-corrected chi connectivity index (χ2v) is 10.4. The molecule has 0 atom stereocenters. The van der Waals surface area contributed by atoms with E-state index in [9.17, 15) is 9.59 Å². The van der Waals surface area contributed by atoms with Crippen molar-refractivity contribution in [2.45, 2.75) is 0 Å². The number of carbonyl (C=O) groups excluding carboxylic acids is 2. The van der Waals surface area contributed by atoms with Gasteiger partial charge in [0.15, 0.2) is 11.6 Å². The van der Waals surface area contributed by atoms with Crippen molar-refractivity contribution in [3.8, 4) is 33.6 Å². The predicted molar refractivity (Wildman–Crippen MR) is 180 cm³/mol. The third-order valence-electron chi connectivity index (χ3n) is 7.27. The minimum atomic E-state index is -0.0399. The normalized spacial score (nSPS) is 11.2. The Labute approximate surface area is 257 Å². The number of aromatic nitrogens is 1. The van der Waals surface area contributed by atoms with Gasteiger partial charge in [0, 0.05) is 22.3 Å². The SMILES string of the molecule is O=C(/C=C/c1cccc(-c2cc(-c3ccccc3)cc(-c3cccc(/C=C/C(=O)c4ccccc4)c3)n2)c1)c1ccccc1. The molecule has 3 nitrogen and oxygen atoms in total. The maximum atomic E-state index is 12.6. The monoisotopic (exact) mass is 567 g/mol. The van der Waals surface area contributed by atoms with E-state index in [1.807, 2.05) is 140 Å². The highest BCUT2D eigenvalue weighted by molar-refractivity contribution is 6.07. The molecule has 0 saturated heterocycles. The van der Waals surface area contributed by atoms with Gasteiger partial charge in [-0.25, -0.2) is 4.98 Å². The number of carbonyl (C=O) groups is 2. The van der Waals surface area contributed by atoms with Gasteiger partial charge in [-0.05, 0) is 58.7 Å². The summed E-state index contributed by atoms with van der Waals surface area (Å²) in [4.78, 5) is 30.4. The van der Waals surface area contributed by atoms with E-state index in [2.05, 4.69) is 24.3 Å². The van der Waals surface area contributed by atoms with Crippen LogP contribution in [0.2, 0.25) is 0 Å². The van der Waals surface area contributed by atoms with E-state index in [1.54, 1.807) is 12.2 Å². The van der Waals surface area contributed by atoms with Crippen molar-refractivity contribution < 1.29 is 9.59 Å². The van der Waals surface area contributed by atoms with Crippen LogP contribution in [-0.2, 0) is 0 Å². The number of allylic oxidation sites excluding steroid dienone is 2. The zero-order valence-electron chi connectivity index (χ0n) is 24.0. The first-order chi connectivity index (χ1) is 21.6. The fraction of sp³-hybridized carbons (Fsp3) is 0. The molecule has 0 bridgehead atoms. The molecule has 0 spiro atoms. The molecule has 0 aliphatic rings. The molecule has 0 aliphatic heterocycles. The zero-order valence-corrected chi connectivity index (χ0v) is 24.0. The van der Waals surface area contributed by atoms with Crippen LogP contribution in [0.5, 0.6) is 0 Å². The van der Waals surface area contributed by atoms with Gasteiger partial charge in [0.1, 0.15) is 0 Å². The number of ketones is 2. The van der Waals surface area contributed by atoms with Gasteiger partial charge in [0.25, 0.3) is 0 Å². The number of hydrogen-bond acceptors (Lipinski definition) is 3. The lowest BCUT2D eigenvalue weighted by Crippen LogP contribution is -1.94. The number of pyridine rings is 1. The van der Waals surface area contributed by atoms with E-state index < -0.39 is 0 Å². The first kappa shape index (κ1) is 28.2. The number of rotatable bonds is 9. The highest BCUT2D eigenvalue weighted by Gasteiger charge is 2.10. The van der Waals surface area contributed by atoms with E-state index in [-0.39, 0.29) is 11.6 Å². The fourth-order valence-electron chi connectivity index (χ4n) is 4.97. The van der Waals surface area contributed by atoms with E-state index in [1.165, 1.54) is 0 Å². The molecule has 0 radical (unpaired) electrons. The molecular weight excluding hydrogens is 538 g/mol. The van der Waals surface area contributed by atoms with Crippen LogP contribution in [0.1, 0.15) is 31.8 Å². The van der Waals surface area contributed by atoms with E-state index >= 15 is 0 Å². The van der Waals surface area contributed by atoms with Gasteiger partial charge in [-0.2, -0.15) is 0 Å². The highest BCUT2D eigenvalue weighted by atomic mass is 16.1. The summed E-state index contributed by atoms with van der Waals surface area (Å²) in [6.07, 6.45) is 6.89. The first-order valence-electron chi connectivity index (χ1n) is 14.5. The Balaban J connectivity index is 1.34. The predicted octanol–water partition coefficient (Wildman–Crippen LogP) is 9.87. The quantitative estimate of drug-likeness (QED) is 0.129. The smallest absolute Gasteiger partial charge is 0.185 e. The molecule has 1 heterocycles.